The molecule has 15 heteroatoms. The van der Waals surface area contributed by atoms with Crippen LogP contribution < -0.4 is 4.74 Å². The average Bonchev–Trinajstić information content (AvgIpc) is 2.95. The minimum absolute atomic E-state index is 0.0103. The Morgan fingerprint density at radius 2 is 1.00 bits per heavy atom. The zero-order valence-electron chi connectivity index (χ0n) is 23.1. The first-order chi connectivity index (χ1) is 21.0. The van der Waals surface area contributed by atoms with Crippen molar-refractivity contribution in [1.82, 2.24) is 0 Å². The van der Waals surface area contributed by atoms with E-state index in [0.29, 0.717) is 12.1 Å². The molecule has 0 aliphatic carbocycles. The molecule has 0 aromatic heterocycles. The van der Waals surface area contributed by atoms with Crippen molar-refractivity contribution in [1.29, 1.82) is 0 Å². The molecule has 0 aliphatic rings. The lowest BCUT2D eigenvalue weighted by molar-refractivity contribution is -0.385. The van der Waals surface area contributed by atoms with Gasteiger partial charge in [0.25, 0.3) is 11.4 Å². The maximum atomic E-state index is 13.5. The molecule has 0 N–H and O–H groups in total. The molecular formula is C30H20Cl2F6N2O5. The molecule has 7 nitrogen and oxygen atoms in total. The van der Waals surface area contributed by atoms with E-state index in [0.717, 1.165) is 36.4 Å². The summed E-state index contributed by atoms with van der Waals surface area (Å²) in [6, 6.07) is 9.63. The van der Waals surface area contributed by atoms with Gasteiger partial charge >= 0.3 is 12.4 Å². The third-order valence-electron chi connectivity index (χ3n) is 6.87. The number of hydrogen-bond acceptors (Lipinski definition) is 5. The van der Waals surface area contributed by atoms with Crippen LogP contribution in [-0.4, -0.2) is 9.85 Å². The molecule has 0 fully saturated rings. The van der Waals surface area contributed by atoms with Gasteiger partial charge in [-0.3, -0.25) is 20.2 Å². The first kappa shape index (κ1) is 33.5. The Labute approximate surface area is 261 Å². The second-order valence-electron chi connectivity index (χ2n) is 9.66. The number of aryl methyl sites for hydroxylation is 2. The summed E-state index contributed by atoms with van der Waals surface area (Å²) in [6.45, 7) is 3.11. The molecule has 0 radical (unpaired) electrons. The van der Waals surface area contributed by atoms with E-state index in [1.807, 2.05) is 0 Å². The van der Waals surface area contributed by atoms with Crippen LogP contribution in [0, 0.1) is 20.2 Å². The van der Waals surface area contributed by atoms with Crippen LogP contribution in [0.15, 0.2) is 60.7 Å². The highest BCUT2D eigenvalue weighted by atomic mass is 35.5. The number of nitro groups is 2. The molecule has 0 bridgehead atoms. The van der Waals surface area contributed by atoms with Crippen molar-refractivity contribution >= 4 is 34.6 Å². The van der Waals surface area contributed by atoms with Gasteiger partial charge in [-0.15, -0.1) is 0 Å². The molecule has 45 heavy (non-hydrogen) atoms. The number of nitro benzene ring substituents is 2. The van der Waals surface area contributed by atoms with Crippen molar-refractivity contribution in [2.24, 2.45) is 0 Å². The maximum Gasteiger partial charge on any atom is 0.416 e. The SMILES string of the molecule is CCc1cc(C(F)(F)F)cc(Cl)c1-c1cc([N+](=O)[O-])ccc1Oc1ccc([N+](=O)[O-])cc1-c1c(Cl)cc(C(F)(F)F)cc1CC. The van der Waals surface area contributed by atoms with Gasteiger partial charge in [0, 0.05) is 56.6 Å². The zero-order valence-corrected chi connectivity index (χ0v) is 24.7. The van der Waals surface area contributed by atoms with Gasteiger partial charge in [0.1, 0.15) is 11.5 Å². The van der Waals surface area contributed by atoms with Crippen LogP contribution in [0.1, 0.15) is 36.1 Å². The molecule has 4 aromatic rings. The summed E-state index contributed by atoms with van der Waals surface area (Å²) >= 11 is 12.7. The summed E-state index contributed by atoms with van der Waals surface area (Å²) in [5.41, 5.74) is -2.92. The summed E-state index contributed by atoms with van der Waals surface area (Å²) in [5.74, 6) is -0.290. The molecular weight excluding hydrogens is 653 g/mol. The minimum atomic E-state index is -4.74. The second-order valence-corrected chi connectivity index (χ2v) is 10.5. The molecule has 0 unspecified atom stereocenters. The van der Waals surface area contributed by atoms with E-state index in [1.165, 1.54) is 12.1 Å². The Bertz CT molecular complexity index is 1700. The van der Waals surface area contributed by atoms with E-state index in [9.17, 15) is 46.6 Å². The van der Waals surface area contributed by atoms with Gasteiger partial charge in [-0.25, -0.2) is 0 Å². The highest BCUT2D eigenvalue weighted by Crippen LogP contribution is 2.48. The molecule has 0 heterocycles. The normalized spacial score (nSPS) is 11.9. The predicted octanol–water partition coefficient (Wildman–Crippen LogP) is 11.1. The third kappa shape index (κ3) is 6.99. The Kier molecular flexibility index (Phi) is 9.36. The summed E-state index contributed by atoms with van der Waals surface area (Å²) in [7, 11) is 0. The van der Waals surface area contributed by atoms with Crippen molar-refractivity contribution < 1.29 is 40.9 Å². The first-order valence-electron chi connectivity index (χ1n) is 13.0. The van der Waals surface area contributed by atoms with E-state index in [1.54, 1.807) is 13.8 Å². The van der Waals surface area contributed by atoms with Crippen molar-refractivity contribution in [2.45, 2.75) is 39.0 Å². The van der Waals surface area contributed by atoms with Gasteiger partial charge in [-0.2, -0.15) is 26.3 Å². The number of benzene rings is 4. The number of hydrogen-bond donors (Lipinski definition) is 0. The van der Waals surface area contributed by atoms with Gasteiger partial charge in [0.2, 0.25) is 0 Å². The molecule has 0 aliphatic heterocycles. The number of rotatable bonds is 8. The molecule has 0 amide bonds. The van der Waals surface area contributed by atoms with Gasteiger partial charge in [-0.1, -0.05) is 37.0 Å². The number of non-ortho nitro benzene ring substituents is 2. The van der Waals surface area contributed by atoms with Crippen molar-refractivity contribution in [3.8, 4) is 33.8 Å². The van der Waals surface area contributed by atoms with E-state index in [-0.39, 0.29) is 67.8 Å². The van der Waals surface area contributed by atoms with E-state index in [2.05, 4.69) is 0 Å². The Balaban J connectivity index is 2.00. The van der Waals surface area contributed by atoms with Crippen molar-refractivity contribution in [3.63, 3.8) is 0 Å². The molecule has 0 saturated carbocycles. The van der Waals surface area contributed by atoms with Gasteiger partial charge in [0.05, 0.1) is 21.0 Å². The van der Waals surface area contributed by atoms with Gasteiger partial charge < -0.3 is 4.74 Å². The Morgan fingerprint density at radius 3 is 1.29 bits per heavy atom. The largest absolute Gasteiger partial charge is 0.456 e. The first-order valence-corrected chi connectivity index (χ1v) is 13.8. The molecule has 4 rings (SSSR count). The smallest absolute Gasteiger partial charge is 0.416 e. The number of ether oxygens (including phenoxy) is 1. The summed E-state index contributed by atoms with van der Waals surface area (Å²) < 4.78 is 87.4. The van der Waals surface area contributed by atoms with Gasteiger partial charge in [0.15, 0.2) is 0 Å². The van der Waals surface area contributed by atoms with E-state index in [4.69, 9.17) is 27.9 Å². The fraction of sp³-hybridized carbons (Fsp3) is 0.200. The van der Waals surface area contributed by atoms with Crippen LogP contribution in [0.25, 0.3) is 22.3 Å². The van der Waals surface area contributed by atoms with Crippen molar-refractivity contribution in [2.75, 3.05) is 0 Å². The Hall–Kier alpha value is -4.36. The lowest BCUT2D eigenvalue weighted by Gasteiger charge is -2.20. The lowest BCUT2D eigenvalue weighted by Crippen LogP contribution is -2.07. The summed E-state index contributed by atoms with van der Waals surface area (Å²) in [6.07, 6.45) is -9.41. The number of alkyl halides is 6. The summed E-state index contributed by atoms with van der Waals surface area (Å²) in [4.78, 5) is 21.8. The highest BCUT2D eigenvalue weighted by molar-refractivity contribution is 6.34. The summed E-state index contributed by atoms with van der Waals surface area (Å²) in [5, 5.41) is 22.5. The molecule has 0 saturated heterocycles. The fourth-order valence-electron chi connectivity index (χ4n) is 4.77. The number of nitrogens with zero attached hydrogens (tertiary/aromatic N) is 2. The third-order valence-corrected chi connectivity index (χ3v) is 7.46. The highest BCUT2D eigenvalue weighted by Gasteiger charge is 2.34. The maximum absolute atomic E-state index is 13.5. The molecule has 0 spiro atoms. The number of halogens is 8. The van der Waals surface area contributed by atoms with Crippen LogP contribution in [0.3, 0.4) is 0 Å². The minimum Gasteiger partial charge on any atom is -0.456 e. The topological polar surface area (TPSA) is 95.5 Å². The zero-order chi connectivity index (χ0) is 33.4. The van der Waals surface area contributed by atoms with Crippen LogP contribution in [0.5, 0.6) is 11.5 Å². The van der Waals surface area contributed by atoms with Crippen LogP contribution in [0.2, 0.25) is 10.0 Å². The molecule has 236 valence electrons. The molecule has 4 aromatic carbocycles. The second kappa shape index (κ2) is 12.6. The lowest BCUT2D eigenvalue weighted by atomic mass is 9.93. The van der Waals surface area contributed by atoms with E-state index < -0.39 is 44.7 Å². The van der Waals surface area contributed by atoms with Crippen LogP contribution >= 0.6 is 23.2 Å². The van der Waals surface area contributed by atoms with E-state index >= 15 is 0 Å². The van der Waals surface area contributed by atoms with Crippen LogP contribution in [0.4, 0.5) is 37.7 Å². The standard InChI is InChI=1S/C30H20Cl2F6N2O5/c1-3-15-9-17(29(33,34)35)11-23(31)27(15)21-13-19(39(41)42)5-7-25(21)45-26-8-6-20(40(43)44)14-22(26)28-16(4-2)10-18(12-24(28)32)30(36,37)38/h5-14H,3-4H2,1-2H3. The fourth-order valence-corrected chi connectivity index (χ4v) is 5.45. The molecule has 0 atom stereocenters. The van der Waals surface area contributed by atoms with Gasteiger partial charge in [-0.05, 0) is 60.4 Å². The monoisotopic (exact) mass is 672 g/mol. The quantitative estimate of drug-likeness (QED) is 0.105. The van der Waals surface area contributed by atoms with Crippen LogP contribution in [-0.2, 0) is 25.2 Å². The van der Waals surface area contributed by atoms with Crippen molar-refractivity contribution in [3.05, 3.63) is 113 Å². The predicted molar refractivity (Wildman–Crippen MR) is 156 cm³/mol. The Morgan fingerprint density at radius 1 is 0.644 bits per heavy atom. The average molecular weight is 673 g/mol.